The van der Waals surface area contributed by atoms with E-state index in [0.29, 0.717) is 6.61 Å². The monoisotopic (exact) mass is 393 g/mol. The van der Waals surface area contributed by atoms with Crippen LogP contribution >= 0.6 is 0 Å². The van der Waals surface area contributed by atoms with Gasteiger partial charge in [-0.25, -0.2) is 8.93 Å². The quantitative estimate of drug-likeness (QED) is 0.314. The van der Waals surface area contributed by atoms with Crippen LogP contribution in [0.25, 0.3) is 0 Å². The van der Waals surface area contributed by atoms with E-state index in [1.807, 2.05) is 45.0 Å². The molecule has 0 aromatic heterocycles. The fourth-order valence-corrected chi connectivity index (χ4v) is 3.74. The van der Waals surface area contributed by atoms with Crippen molar-refractivity contribution in [1.29, 1.82) is 0 Å². The van der Waals surface area contributed by atoms with Gasteiger partial charge in [0.25, 0.3) is 0 Å². The summed E-state index contributed by atoms with van der Waals surface area (Å²) in [5.74, 6) is 0. The third-order valence-electron chi connectivity index (χ3n) is 4.55. The minimum absolute atomic E-state index is 0.172. The van der Waals surface area contributed by atoms with Crippen molar-refractivity contribution in [2.45, 2.75) is 96.1 Å². The van der Waals surface area contributed by atoms with Crippen LogP contribution < -0.4 is 4.72 Å². The highest BCUT2D eigenvalue weighted by molar-refractivity contribution is 7.84. The van der Waals surface area contributed by atoms with Crippen LogP contribution in [-0.4, -0.2) is 21.1 Å². The number of ether oxygens (including phenoxy) is 1. The summed E-state index contributed by atoms with van der Waals surface area (Å²) in [5, 5.41) is 0. The van der Waals surface area contributed by atoms with Crippen LogP contribution in [0.1, 0.15) is 78.2 Å². The van der Waals surface area contributed by atoms with Crippen LogP contribution in [-0.2, 0) is 22.3 Å². The Morgan fingerprint density at radius 2 is 1.89 bits per heavy atom. The predicted octanol–water partition coefficient (Wildman–Crippen LogP) is 5.93. The minimum Gasteiger partial charge on any atom is -0.373 e. The standard InChI is InChI=1S/C23H39NO2S/c1-6-8-11-17-22(26-19-20-14-12-10-13-15-20)18-21(16-9-7-2)24-27(25)23(3,4)5/h7,10,12-15,21-22,24H,2,6,8-9,11,16-19H2,1,3-5H3/t21-,22-,27?/m0/s1. The summed E-state index contributed by atoms with van der Waals surface area (Å²) in [7, 11) is -1.07. The number of rotatable bonds is 14. The van der Waals surface area contributed by atoms with E-state index in [4.69, 9.17) is 4.74 Å². The molecule has 0 aliphatic rings. The molecule has 0 saturated heterocycles. The summed E-state index contributed by atoms with van der Waals surface area (Å²) in [6, 6.07) is 10.5. The van der Waals surface area contributed by atoms with Gasteiger partial charge in [0.05, 0.1) is 28.4 Å². The van der Waals surface area contributed by atoms with Crippen LogP contribution in [0.4, 0.5) is 0 Å². The predicted molar refractivity (Wildman–Crippen MR) is 118 cm³/mol. The lowest BCUT2D eigenvalue weighted by Gasteiger charge is -2.27. The number of hydrogen-bond acceptors (Lipinski definition) is 2. The van der Waals surface area contributed by atoms with Crippen LogP contribution in [0.2, 0.25) is 0 Å². The molecule has 154 valence electrons. The van der Waals surface area contributed by atoms with E-state index in [1.54, 1.807) is 0 Å². The number of allylic oxidation sites excluding steroid dienone is 1. The van der Waals surface area contributed by atoms with E-state index < -0.39 is 11.0 Å². The fourth-order valence-electron chi connectivity index (χ4n) is 2.87. The van der Waals surface area contributed by atoms with Gasteiger partial charge in [0.2, 0.25) is 0 Å². The molecule has 0 aliphatic heterocycles. The average molecular weight is 394 g/mol. The maximum atomic E-state index is 12.6. The van der Waals surface area contributed by atoms with Gasteiger partial charge in [-0.1, -0.05) is 62.6 Å². The molecular formula is C23H39NO2S. The van der Waals surface area contributed by atoms with Crippen LogP contribution in [0, 0.1) is 0 Å². The molecule has 3 nitrogen and oxygen atoms in total. The third kappa shape index (κ3) is 10.8. The molecule has 0 aliphatic carbocycles. The third-order valence-corrected chi connectivity index (χ3v) is 6.21. The largest absolute Gasteiger partial charge is 0.373 e. The Bertz CT molecular complexity index is 539. The molecule has 0 bridgehead atoms. The molecule has 1 rings (SSSR count). The van der Waals surface area contributed by atoms with Crippen molar-refractivity contribution in [2.75, 3.05) is 0 Å². The highest BCUT2D eigenvalue weighted by atomic mass is 32.2. The Labute approximate surface area is 169 Å². The first-order valence-corrected chi connectivity index (χ1v) is 11.5. The lowest BCUT2D eigenvalue weighted by molar-refractivity contribution is 0.0222. The van der Waals surface area contributed by atoms with Crippen molar-refractivity contribution in [1.82, 2.24) is 4.72 Å². The molecule has 1 aromatic carbocycles. The lowest BCUT2D eigenvalue weighted by Crippen LogP contribution is -2.41. The summed E-state index contributed by atoms with van der Waals surface area (Å²) in [5.41, 5.74) is 1.20. The van der Waals surface area contributed by atoms with Crippen LogP contribution in [0.5, 0.6) is 0 Å². The second kappa shape index (κ2) is 13.2. The zero-order chi connectivity index (χ0) is 20.1. The van der Waals surface area contributed by atoms with Crippen molar-refractivity contribution < 1.29 is 8.95 Å². The molecule has 0 saturated carbocycles. The Morgan fingerprint density at radius 1 is 1.19 bits per heavy atom. The maximum Gasteiger partial charge on any atom is 0.0972 e. The SMILES string of the molecule is C=CCC[C@@H](C[C@H](CCCCC)OCc1ccccc1)NS(=O)C(C)(C)C. The Morgan fingerprint density at radius 3 is 2.48 bits per heavy atom. The number of hydrogen-bond donors (Lipinski definition) is 1. The number of benzene rings is 1. The molecule has 1 aromatic rings. The molecule has 0 radical (unpaired) electrons. The molecule has 4 heteroatoms. The van der Waals surface area contributed by atoms with Gasteiger partial charge >= 0.3 is 0 Å². The van der Waals surface area contributed by atoms with Crippen LogP contribution in [0.15, 0.2) is 43.0 Å². The van der Waals surface area contributed by atoms with Gasteiger partial charge < -0.3 is 4.74 Å². The van der Waals surface area contributed by atoms with Gasteiger partial charge in [0.1, 0.15) is 0 Å². The number of nitrogens with one attached hydrogen (secondary N) is 1. The van der Waals surface area contributed by atoms with Crippen molar-refractivity contribution >= 4 is 11.0 Å². The molecule has 1 unspecified atom stereocenters. The zero-order valence-corrected chi connectivity index (χ0v) is 18.5. The van der Waals surface area contributed by atoms with Crippen LogP contribution in [0.3, 0.4) is 0 Å². The van der Waals surface area contributed by atoms with E-state index in [-0.39, 0.29) is 16.9 Å². The summed E-state index contributed by atoms with van der Waals surface area (Å²) in [6.45, 7) is 12.7. The molecule has 1 N–H and O–H groups in total. The molecule has 0 spiro atoms. The molecule has 0 amide bonds. The van der Waals surface area contributed by atoms with Gasteiger partial charge in [-0.15, -0.1) is 6.58 Å². The molecule has 27 heavy (non-hydrogen) atoms. The van der Waals surface area contributed by atoms with E-state index in [1.165, 1.54) is 24.8 Å². The minimum atomic E-state index is -1.07. The second-order valence-electron chi connectivity index (χ2n) is 8.21. The van der Waals surface area contributed by atoms with Crippen molar-refractivity contribution in [2.24, 2.45) is 0 Å². The van der Waals surface area contributed by atoms with Crippen molar-refractivity contribution in [3.8, 4) is 0 Å². The lowest BCUT2D eigenvalue weighted by atomic mass is 10.0. The second-order valence-corrected chi connectivity index (χ2v) is 10.2. The Balaban J connectivity index is 2.72. The molecular weight excluding hydrogens is 354 g/mol. The van der Waals surface area contributed by atoms with Crippen molar-refractivity contribution in [3.63, 3.8) is 0 Å². The first-order valence-electron chi connectivity index (χ1n) is 10.3. The summed E-state index contributed by atoms with van der Waals surface area (Å²) >= 11 is 0. The van der Waals surface area contributed by atoms with Gasteiger partial charge in [0, 0.05) is 6.04 Å². The summed E-state index contributed by atoms with van der Waals surface area (Å²) in [4.78, 5) is 0. The first kappa shape index (κ1) is 24.1. The van der Waals surface area contributed by atoms with E-state index in [2.05, 4.69) is 30.4 Å². The van der Waals surface area contributed by atoms with E-state index >= 15 is 0 Å². The van der Waals surface area contributed by atoms with E-state index in [0.717, 1.165) is 25.7 Å². The smallest absolute Gasteiger partial charge is 0.0972 e. The average Bonchev–Trinajstić information content (AvgIpc) is 2.64. The van der Waals surface area contributed by atoms with Gasteiger partial charge in [-0.2, -0.15) is 0 Å². The summed E-state index contributed by atoms with van der Waals surface area (Å²) < 4.78 is 22.0. The van der Waals surface area contributed by atoms with Gasteiger partial charge in [0.15, 0.2) is 0 Å². The molecule has 0 fully saturated rings. The Hall–Kier alpha value is -0.970. The number of unbranched alkanes of at least 4 members (excludes halogenated alkanes) is 2. The first-order chi connectivity index (χ1) is 12.9. The van der Waals surface area contributed by atoms with Crippen molar-refractivity contribution in [3.05, 3.63) is 48.6 Å². The fraction of sp³-hybridized carbons (Fsp3) is 0.652. The van der Waals surface area contributed by atoms with Gasteiger partial charge in [-0.05, 0) is 52.0 Å². The molecule has 3 atom stereocenters. The molecule has 0 heterocycles. The normalized spacial score (nSPS) is 15.3. The highest BCUT2D eigenvalue weighted by Gasteiger charge is 2.24. The zero-order valence-electron chi connectivity index (χ0n) is 17.7. The van der Waals surface area contributed by atoms with Gasteiger partial charge in [-0.3, -0.25) is 0 Å². The topological polar surface area (TPSA) is 38.3 Å². The van der Waals surface area contributed by atoms with E-state index in [9.17, 15) is 4.21 Å². The highest BCUT2D eigenvalue weighted by Crippen LogP contribution is 2.19. The maximum absolute atomic E-state index is 12.6. The summed E-state index contributed by atoms with van der Waals surface area (Å²) in [6.07, 6.45) is 9.50. The Kier molecular flexibility index (Phi) is 11.8.